The summed E-state index contributed by atoms with van der Waals surface area (Å²) < 4.78 is 1.97. The van der Waals surface area contributed by atoms with Gasteiger partial charge in [-0.1, -0.05) is 15.9 Å². The standard InChI is InChI=1S/C18H16Br3N3O3/c19-12-4-6-13(7-5-12)23-16(25)2-1-3-17(26)24-22-10-11-8-14(20)18(27)15(21)9-11/h4-10,27H,1-3H2,(H,23,25)(H,24,26)/b22-10-. The molecule has 0 aliphatic heterocycles. The van der Waals surface area contributed by atoms with E-state index in [1.165, 1.54) is 6.21 Å². The number of hydrogen-bond donors (Lipinski definition) is 3. The molecule has 0 aromatic heterocycles. The molecular weight excluding hydrogens is 546 g/mol. The van der Waals surface area contributed by atoms with Crippen molar-refractivity contribution in [1.29, 1.82) is 0 Å². The topological polar surface area (TPSA) is 90.8 Å². The van der Waals surface area contributed by atoms with E-state index in [1.807, 2.05) is 12.1 Å². The van der Waals surface area contributed by atoms with Gasteiger partial charge < -0.3 is 10.4 Å². The number of amides is 2. The molecule has 0 heterocycles. The maximum Gasteiger partial charge on any atom is 0.240 e. The van der Waals surface area contributed by atoms with E-state index >= 15 is 0 Å². The number of anilines is 1. The van der Waals surface area contributed by atoms with Crippen molar-refractivity contribution in [3.63, 3.8) is 0 Å². The van der Waals surface area contributed by atoms with Crippen LogP contribution < -0.4 is 10.7 Å². The lowest BCUT2D eigenvalue weighted by molar-refractivity contribution is -0.121. The van der Waals surface area contributed by atoms with Crippen molar-refractivity contribution in [3.05, 3.63) is 55.4 Å². The van der Waals surface area contributed by atoms with E-state index in [0.717, 1.165) is 4.47 Å². The fraction of sp³-hybridized carbons (Fsp3) is 0.167. The molecular formula is C18H16Br3N3O3. The van der Waals surface area contributed by atoms with Crippen LogP contribution in [-0.4, -0.2) is 23.1 Å². The van der Waals surface area contributed by atoms with Crippen molar-refractivity contribution < 1.29 is 14.7 Å². The highest BCUT2D eigenvalue weighted by Crippen LogP contribution is 2.32. The third-order valence-corrected chi connectivity index (χ3v) is 5.12. The number of phenolic OH excluding ortho intramolecular Hbond substituents is 1. The summed E-state index contributed by atoms with van der Waals surface area (Å²) in [6.45, 7) is 0. The van der Waals surface area contributed by atoms with Gasteiger partial charge in [0.1, 0.15) is 5.75 Å². The molecule has 0 spiro atoms. The second-order valence-electron chi connectivity index (χ2n) is 5.53. The van der Waals surface area contributed by atoms with Gasteiger partial charge in [-0.15, -0.1) is 0 Å². The molecule has 142 valence electrons. The summed E-state index contributed by atoms with van der Waals surface area (Å²) >= 11 is 9.78. The lowest BCUT2D eigenvalue weighted by atomic mass is 10.2. The van der Waals surface area contributed by atoms with Crippen LogP contribution in [0.4, 0.5) is 5.69 Å². The van der Waals surface area contributed by atoms with Crippen molar-refractivity contribution in [3.8, 4) is 5.75 Å². The van der Waals surface area contributed by atoms with Gasteiger partial charge in [0.25, 0.3) is 0 Å². The van der Waals surface area contributed by atoms with E-state index in [0.29, 0.717) is 26.6 Å². The molecule has 0 radical (unpaired) electrons. The first-order valence-corrected chi connectivity index (χ1v) is 10.3. The van der Waals surface area contributed by atoms with E-state index in [-0.39, 0.29) is 30.4 Å². The van der Waals surface area contributed by atoms with Gasteiger partial charge in [0, 0.05) is 23.0 Å². The summed E-state index contributed by atoms with van der Waals surface area (Å²) in [5.74, 6) is -0.329. The first kappa shape index (κ1) is 21.6. The number of hydrogen-bond acceptors (Lipinski definition) is 4. The molecule has 0 atom stereocenters. The largest absolute Gasteiger partial charge is 0.506 e. The molecule has 3 N–H and O–H groups in total. The van der Waals surface area contributed by atoms with Crippen molar-refractivity contribution in [2.24, 2.45) is 5.10 Å². The van der Waals surface area contributed by atoms with Crippen LogP contribution in [-0.2, 0) is 9.59 Å². The SMILES string of the molecule is O=C(CCCC(=O)Nc1ccc(Br)cc1)N/N=C\c1cc(Br)c(O)c(Br)c1. The minimum absolute atomic E-state index is 0.0950. The lowest BCUT2D eigenvalue weighted by Crippen LogP contribution is -2.18. The summed E-state index contributed by atoms with van der Waals surface area (Å²) in [4.78, 5) is 23.6. The van der Waals surface area contributed by atoms with Crippen LogP contribution in [0.1, 0.15) is 24.8 Å². The molecule has 2 amide bonds. The second kappa shape index (κ2) is 10.6. The van der Waals surface area contributed by atoms with Crippen LogP contribution in [0.25, 0.3) is 0 Å². The molecule has 0 aliphatic rings. The molecule has 2 aromatic carbocycles. The first-order chi connectivity index (χ1) is 12.8. The predicted molar refractivity (Wildman–Crippen MR) is 116 cm³/mol. The second-order valence-corrected chi connectivity index (χ2v) is 8.16. The maximum atomic E-state index is 11.9. The number of nitrogens with one attached hydrogen (secondary N) is 2. The number of rotatable bonds is 7. The highest BCUT2D eigenvalue weighted by Gasteiger charge is 2.06. The van der Waals surface area contributed by atoms with Crippen LogP contribution in [0.3, 0.4) is 0 Å². The average Bonchev–Trinajstić information content (AvgIpc) is 2.61. The highest BCUT2D eigenvalue weighted by molar-refractivity contribution is 9.11. The molecule has 2 aromatic rings. The number of carbonyl (C=O) groups excluding carboxylic acids is 2. The molecule has 0 saturated carbocycles. The summed E-state index contributed by atoms with van der Waals surface area (Å²) in [7, 11) is 0. The zero-order valence-corrected chi connectivity index (χ0v) is 18.8. The zero-order chi connectivity index (χ0) is 19.8. The minimum atomic E-state index is -0.278. The summed E-state index contributed by atoms with van der Waals surface area (Å²) in [5.41, 5.74) is 3.82. The van der Waals surface area contributed by atoms with Crippen molar-refractivity contribution in [2.75, 3.05) is 5.32 Å². The molecule has 2 rings (SSSR count). The van der Waals surface area contributed by atoms with E-state index in [9.17, 15) is 14.7 Å². The van der Waals surface area contributed by atoms with Crippen LogP contribution >= 0.6 is 47.8 Å². The van der Waals surface area contributed by atoms with Crippen LogP contribution in [0.15, 0.2) is 54.9 Å². The Hall–Kier alpha value is -1.71. The normalized spacial score (nSPS) is 10.8. The summed E-state index contributed by atoms with van der Waals surface area (Å²) in [6.07, 6.45) is 2.31. The smallest absolute Gasteiger partial charge is 0.240 e. The lowest BCUT2D eigenvalue weighted by Gasteiger charge is -2.05. The van der Waals surface area contributed by atoms with Crippen molar-refractivity contribution in [1.82, 2.24) is 5.43 Å². The van der Waals surface area contributed by atoms with Gasteiger partial charge in [-0.05, 0) is 80.2 Å². The number of benzene rings is 2. The number of carbonyl (C=O) groups is 2. The Labute approximate surface area is 181 Å². The fourth-order valence-corrected chi connectivity index (χ4v) is 3.55. The first-order valence-electron chi connectivity index (χ1n) is 7.90. The summed E-state index contributed by atoms with van der Waals surface area (Å²) in [6, 6.07) is 10.6. The number of phenols is 1. The molecule has 0 saturated heterocycles. The molecule has 0 bridgehead atoms. The van der Waals surface area contributed by atoms with E-state index in [2.05, 4.69) is 63.6 Å². The van der Waals surface area contributed by atoms with Crippen LogP contribution in [0.2, 0.25) is 0 Å². The van der Waals surface area contributed by atoms with Gasteiger partial charge in [0.15, 0.2) is 0 Å². The zero-order valence-electron chi connectivity index (χ0n) is 14.0. The monoisotopic (exact) mass is 559 g/mol. The maximum absolute atomic E-state index is 11.9. The Bertz CT molecular complexity index is 832. The van der Waals surface area contributed by atoms with E-state index in [1.54, 1.807) is 24.3 Å². The number of hydrazone groups is 1. The molecule has 9 heteroatoms. The minimum Gasteiger partial charge on any atom is -0.506 e. The molecule has 27 heavy (non-hydrogen) atoms. The van der Waals surface area contributed by atoms with E-state index < -0.39 is 0 Å². The predicted octanol–water partition coefficient (Wildman–Crippen LogP) is 4.94. The number of halogens is 3. The quantitative estimate of drug-likeness (QED) is 0.330. The van der Waals surface area contributed by atoms with Gasteiger partial charge in [-0.2, -0.15) is 5.10 Å². The number of aromatic hydroxyl groups is 1. The highest BCUT2D eigenvalue weighted by atomic mass is 79.9. The Morgan fingerprint density at radius 2 is 1.59 bits per heavy atom. The van der Waals surface area contributed by atoms with Gasteiger partial charge in [-0.25, -0.2) is 5.43 Å². The van der Waals surface area contributed by atoms with Crippen molar-refractivity contribution >= 4 is 71.5 Å². The van der Waals surface area contributed by atoms with Gasteiger partial charge in [0.05, 0.1) is 15.2 Å². The average molecular weight is 562 g/mol. The Morgan fingerprint density at radius 1 is 1.00 bits per heavy atom. The van der Waals surface area contributed by atoms with Gasteiger partial charge in [0.2, 0.25) is 11.8 Å². The van der Waals surface area contributed by atoms with Crippen molar-refractivity contribution in [2.45, 2.75) is 19.3 Å². The number of nitrogens with zero attached hydrogens (tertiary/aromatic N) is 1. The van der Waals surface area contributed by atoms with Crippen LogP contribution in [0, 0.1) is 0 Å². The molecule has 0 aliphatic carbocycles. The van der Waals surface area contributed by atoms with Gasteiger partial charge in [-0.3, -0.25) is 9.59 Å². The fourth-order valence-electron chi connectivity index (χ4n) is 2.06. The van der Waals surface area contributed by atoms with E-state index in [4.69, 9.17) is 0 Å². The summed E-state index contributed by atoms with van der Waals surface area (Å²) in [5, 5.41) is 16.3. The molecule has 0 fully saturated rings. The third kappa shape index (κ3) is 7.43. The van der Waals surface area contributed by atoms with Crippen LogP contribution in [0.5, 0.6) is 5.75 Å². The van der Waals surface area contributed by atoms with Gasteiger partial charge >= 0.3 is 0 Å². The Morgan fingerprint density at radius 3 is 2.22 bits per heavy atom. The molecule has 0 unspecified atom stereocenters. The molecule has 6 nitrogen and oxygen atoms in total. The third-order valence-electron chi connectivity index (χ3n) is 3.38. The Kier molecular flexibility index (Phi) is 8.46. The Balaban J connectivity index is 1.71.